The molecule has 0 unspecified atom stereocenters. The number of ether oxygens (including phenoxy) is 1. The predicted molar refractivity (Wildman–Crippen MR) is 95.2 cm³/mol. The van der Waals surface area contributed by atoms with Gasteiger partial charge in [-0.25, -0.2) is 8.42 Å². The molecular weight excluding hydrogens is 364 g/mol. The maximum Gasteiger partial charge on any atom is 0.269 e. The third-order valence-electron chi connectivity index (χ3n) is 3.90. The van der Waals surface area contributed by atoms with Crippen molar-refractivity contribution in [2.75, 3.05) is 19.4 Å². The normalized spacial score (nSPS) is 18.2. The van der Waals surface area contributed by atoms with Crippen molar-refractivity contribution in [3.05, 3.63) is 64.2 Å². The van der Waals surface area contributed by atoms with E-state index in [2.05, 4.69) is 0 Å². The topological polar surface area (TPSA) is 89.8 Å². The predicted octanol–water partition coefficient (Wildman–Crippen LogP) is 3.04. The Bertz CT molecular complexity index is 866. The van der Waals surface area contributed by atoms with Gasteiger partial charge >= 0.3 is 0 Å². The van der Waals surface area contributed by atoms with E-state index in [9.17, 15) is 18.5 Å². The van der Waals surface area contributed by atoms with Crippen LogP contribution in [0.2, 0.25) is 0 Å². The van der Waals surface area contributed by atoms with Crippen molar-refractivity contribution < 1.29 is 18.1 Å². The Hall–Kier alpha value is -2.10. The third kappa shape index (κ3) is 3.48. The van der Waals surface area contributed by atoms with Gasteiger partial charge in [-0.2, -0.15) is 4.31 Å². The second-order valence-corrected chi connectivity index (χ2v) is 8.44. The Kier molecular flexibility index (Phi) is 4.98. The standard InChI is InChI=1S/C16H16N2O5S2/c1-23-14-6-2-12(3-7-14)16-17(10-11-24-16)25(21,22)15-8-4-13(5-9-15)18(19)20/h2-9,16H,10-11H2,1H3/t16-/m0/s1. The Morgan fingerprint density at radius 2 is 1.80 bits per heavy atom. The molecular formula is C16H16N2O5S2. The van der Waals surface area contributed by atoms with Crippen LogP contribution >= 0.6 is 11.8 Å². The fourth-order valence-electron chi connectivity index (χ4n) is 2.61. The first-order valence-corrected chi connectivity index (χ1v) is 9.94. The quantitative estimate of drug-likeness (QED) is 0.585. The Labute approximate surface area is 149 Å². The number of rotatable bonds is 5. The molecule has 0 N–H and O–H groups in total. The molecule has 1 heterocycles. The third-order valence-corrected chi connectivity index (χ3v) is 7.18. The fraction of sp³-hybridized carbons (Fsp3) is 0.250. The molecule has 25 heavy (non-hydrogen) atoms. The molecule has 3 rings (SSSR count). The van der Waals surface area contributed by atoms with E-state index in [0.717, 1.165) is 5.56 Å². The van der Waals surface area contributed by atoms with Crippen LogP contribution in [0.3, 0.4) is 0 Å². The molecule has 9 heteroatoms. The van der Waals surface area contributed by atoms with E-state index in [1.807, 2.05) is 12.1 Å². The Balaban J connectivity index is 1.90. The van der Waals surface area contributed by atoms with Crippen molar-refractivity contribution in [1.29, 1.82) is 0 Å². The average molecular weight is 380 g/mol. The fourth-order valence-corrected chi connectivity index (χ4v) is 5.85. The minimum atomic E-state index is -3.74. The van der Waals surface area contributed by atoms with Crippen molar-refractivity contribution >= 4 is 27.5 Å². The van der Waals surface area contributed by atoms with Gasteiger partial charge in [0, 0.05) is 24.4 Å². The number of nitro groups is 1. The van der Waals surface area contributed by atoms with Crippen LogP contribution in [0.25, 0.3) is 0 Å². The molecule has 1 aliphatic heterocycles. The van der Waals surface area contributed by atoms with Crippen LogP contribution in [0.5, 0.6) is 5.75 Å². The maximum absolute atomic E-state index is 12.9. The van der Waals surface area contributed by atoms with Crippen LogP contribution in [-0.4, -0.2) is 37.1 Å². The van der Waals surface area contributed by atoms with Gasteiger partial charge in [0.2, 0.25) is 10.0 Å². The van der Waals surface area contributed by atoms with E-state index >= 15 is 0 Å². The van der Waals surface area contributed by atoms with E-state index in [0.29, 0.717) is 18.0 Å². The minimum absolute atomic E-state index is 0.0547. The van der Waals surface area contributed by atoms with Crippen LogP contribution in [-0.2, 0) is 10.0 Å². The largest absolute Gasteiger partial charge is 0.497 e. The molecule has 132 valence electrons. The van der Waals surface area contributed by atoms with E-state index < -0.39 is 14.9 Å². The first-order valence-electron chi connectivity index (χ1n) is 7.45. The summed E-state index contributed by atoms with van der Waals surface area (Å²) in [4.78, 5) is 10.2. The molecule has 0 bridgehead atoms. The lowest BCUT2D eigenvalue weighted by atomic mass is 10.2. The van der Waals surface area contributed by atoms with Gasteiger partial charge in [0.25, 0.3) is 5.69 Å². The number of methoxy groups -OCH3 is 1. The number of sulfonamides is 1. The molecule has 7 nitrogen and oxygen atoms in total. The SMILES string of the molecule is COc1ccc([C@@H]2SCCN2S(=O)(=O)c2ccc([N+](=O)[O-])cc2)cc1. The zero-order valence-electron chi connectivity index (χ0n) is 13.4. The zero-order valence-corrected chi connectivity index (χ0v) is 15.0. The Morgan fingerprint density at radius 1 is 1.16 bits per heavy atom. The lowest BCUT2D eigenvalue weighted by Crippen LogP contribution is -2.30. The summed E-state index contributed by atoms with van der Waals surface area (Å²) < 4.78 is 32.4. The van der Waals surface area contributed by atoms with Crippen molar-refractivity contribution in [2.45, 2.75) is 10.3 Å². The van der Waals surface area contributed by atoms with Gasteiger partial charge in [-0.05, 0) is 29.8 Å². The van der Waals surface area contributed by atoms with E-state index in [1.165, 1.54) is 28.6 Å². The number of non-ortho nitro benzene ring substituents is 1. The summed E-state index contributed by atoms with van der Waals surface area (Å²) in [5, 5.41) is 10.4. The zero-order chi connectivity index (χ0) is 18.0. The second kappa shape index (κ2) is 7.03. The highest BCUT2D eigenvalue weighted by molar-refractivity contribution is 8.01. The first-order chi connectivity index (χ1) is 11.9. The number of thioether (sulfide) groups is 1. The molecule has 0 radical (unpaired) electrons. The Morgan fingerprint density at radius 3 is 2.36 bits per heavy atom. The number of nitrogens with zero attached hydrogens (tertiary/aromatic N) is 2. The molecule has 1 saturated heterocycles. The van der Waals surface area contributed by atoms with Crippen LogP contribution in [0.15, 0.2) is 53.4 Å². The second-order valence-electron chi connectivity index (χ2n) is 5.36. The average Bonchev–Trinajstić information content (AvgIpc) is 3.12. The van der Waals surface area contributed by atoms with Crippen LogP contribution < -0.4 is 4.74 Å². The summed E-state index contributed by atoms with van der Waals surface area (Å²) in [6.07, 6.45) is 0. The van der Waals surface area contributed by atoms with Crippen molar-refractivity contribution in [3.8, 4) is 5.75 Å². The molecule has 2 aromatic carbocycles. The summed E-state index contributed by atoms with van der Waals surface area (Å²) >= 11 is 1.54. The summed E-state index contributed by atoms with van der Waals surface area (Å²) in [5.41, 5.74) is 0.732. The van der Waals surface area contributed by atoms with Gasteiger partial charge in [-0.1, -0.05) is 12.1 Å². The molecule has 1 aliphatic rings. The van der Waals surface area contributed by atoms with Gasteiger partial charge in [0.1, 0.15) is 5.75 Å². The van der Waals surface area contributed by atoms with Crippen molar-refractivity contribution in [1.82, 2.24) is 4.31 Å². The molecule has 0 aromatic heterocycles. The van der Waals surface area contributed by atoms with Crippen LogP contribution in [0.1, 0.15) is 10.9 Å². The molecule has 1 fully saturated rings. The molecule has 1 atom stereocenters. The summed E-state index contributed by atoms with van der Waals surface area (Å²) in [6.45, 7) is 0.390. The number of nitro benzene ring substituents is 1. The number of hydrogen-bond acceptors (Lipinski definition) is 6. The van der Waals surface area contributed by atoms with E-state index in [1.54, 1.807) is 31.0 Å². The smallest absolute Gasteiger partial charge is 0.269 e. The highest BCUT2D eigenvalue weighted by atomic mass is 32.2. The summed E-state index contributed by atoms with van der Waals surface area (Å²) in [6, 6.07) is 12.3. The van der Waals surface area contributed by atoms with E-state index in [-0.39, 0.29) is 16.0 Å². The van der Waals surface area contributed by atoms with E-state index in [4.69, 9.17) is 4.74 Å². The van der Waals surface area contributed by atoms with Crippen molar-refractivity contribution in [3.63, 3.8) is 0 Å². The van der Waals surface area contributed by atoms with Gasteiger partial charge in [-0.15, -0.1) is 11.8 Å². The molecule has 0 saturated carbocycles. The minimum Gasteiger partial charge on any atom is -0.497 e. The number of hydrogen-bond donors (Lipinski definition) is 0. The van der Waals surface area contributed by atoms with Gasteiger partial charge < -0.3 is 4.74 Å². The molecule has 0 aliphatic carbocycles. The van der Waals surface area contributed by atoms with Crippen LogP contribution in [0, 0.1) is 10.1 Å². The molecule has 2 aromatic rings. The number of benzene rings is 2. The lowest BCUT2D eigenvalue weighted by molar-refractivity contribution is -0.384. The van der Waals surface area contributed by atoms with Gasteiger partial charge in [0.15, 0.2) is 0 Å². The first kappa shape index (κ1) is 17.7. The van der Waals surface area contributed by atoms with Crippen LogP contribution in [0.4, 0.5) is 5.69 Å². The lowest BCUT2D eigenvalue weighted by Gasteiger charge is -2.23. The summed E-state index contributed by atoms with van der Waals surface area (Å²) in [7, 11) is -2.16. The molecule has 0 amide bonds. The highest BCUT2D eigenvalue weighted by Crippen LogP contribution is 2.41. The maximum atomic E-state index is 12.9. The van der Waals surface area contributed by atoms with Gasteiger partial charge in [-0.3, -0.25) is 10.1 Å². The monoisotopic (exact) mass is 380 g/mol. The van der Waals surface area contributed by atoms with Crippen molar-refractivity contribution in [2.24, 2.45) is 0 Å². The van der Waals surface area contributed by atoms with Gasteiger partial charge in [0.05, 0.1) is 22.3 Å². The highest BCUT2D eigenvalue weighted by Gasteiger charge is 2.37. The molecule has 0 spiro atoms. The summed E-state index contributed by atoms with van der Waals surface area (Å²) in [5.74, 6) is 1.39.